The van der Waals surface area contributed by atoms with Gasteiger partial charge in [-0.05, 0) is 13.3 Å². The first kappa shape index (κ1) is 11.9. The number of amides is 2. The van der Waals surface area contributed by atoms with E-state index in [1.54, 1.807) is 6.92 Å². The lowest BCUT2D eigenvalue weighted by Gasteiger charge is -2.04. The summed E-state index contributed by atoms with van der Waals surface area (Å²) in [6, 6.07) is 0. The predicted octanol–water partition coefficient (Wildman–Crippen LogP) is -1.32. The maximum atomic E-state index is 10.8. The van der Waals surface area contributed by atoms with Gasteiger partial charge in [-0.15, -0.1) is 0 Å². The Balaban J connectivity index is 3.35. The lowest BCUT2D eigenvalue weighted by atomic mass is 10.2. The number of primary amides is 1. The van der Waals surface area contributed by atoms with Crippen LogP contribution < -0.4 is 11.2 Å². The molecule has 0 aliphatic carbocycles. The third kappa shape index (κ3) is 8.77. The molecule has 0 radical (unpaired) electrons. The van der Waals surface area contributed by atoms with Gasteiger partial charge in [0.25, 0.3) is 0 Å². The molecule has 4 N–H and O–H groups in total. The molecule has 0 aromatic heterocycles. The molecule has 0 aromatic rings. The van der Waals surface area contributed by atoms with Crippen LogP contribution in [0.1, 0.15) is 19.8 Å². The van der Waals surface area contributed by atoms with Gasteiger partial charge in [0.2, 0.25) is 11.8 Å². The predicted molar refractivity (Wildman–Crippen MR) is 44.2 cm³/mol. The molecule has 2 amide bonds. The zero-order valence-electron chi connectivity index (χ0n) is 7.45. The van der Waals surface area contributed by atoms with Gasteiger partial charge in [0.15, 0.2) is 6.61 Å². The number of aliphatic hydroxyl groups excluding tert-OH is 1. The molecule has 0 heterocycles. The van der Waals surface area contributed by atoms with E-state index in [1.807, 2.05) is 5.48 Å². The minimum Gasteiger partial charge on any atom is -0.393 e. The molecule has 1 atom stereocenters. The fraction of sp³-hybridized carbons (Fsp3) is 0.714. The van der Waals surface area contributed by atoms with Gasteiger partial charge in [0.05, 0.1) is 6.10 Å². The second-order valence-corrected chi connectivity index (χ2v) is 2.67. The number of carbonyl (C=O) groups is 2. The molecule has 0 aliphatic heterocycles. The maximum Gasteiger partial charge on any atom is 0.246 e. The maximum absolute atomic E-state index is 10.8. The molecule has 13 heavy (non-hydrogen) atoms. The normalized spacial score (nSPS) is 12.2. The van der Waals surface area contributed by atoms with Gasteiger partial charge in [0, 0.05) is 6.42 Å². The number of rotatable bonds is 6. The summed E-state index contributed by atoms with van der Waals surface area (Å²) in [6.07, 6.45) is -0.0239. The van der Waals surface area contributed by atoms with Crippen molar-refractivity contribution in [1.82, 2.24) is 5.48 Å². The summed E-state index contributed by atoms with van der Waals surface area (Å²) < 4.78 is 0. The molecule has 0 spiro atoms. The highest BCUT2D eigenvalue weighted by Crippen LogP contribution is 1.94. The number of nitrogens with one attached hydrogen (secondary N) is 1. The number of nitrogens with two attached hydrogens (primary N) is 1. The van der Waals surface area contributed by atoms with Crippen molar-refractivity contribution in [2.45, 2.75) is 25.9 Å². The van der Waals surface area contributed by atoms with E-state index in [0.29, 0.717) is 6.42 Å². The Morgan fingerprint density at radius 1 is 1.62 bits per heavy atom. The van der Waals surface area contributed by atoms with Crippen molar-refractivity contribution in [2.24, 2.45) is 5.73 Å². The lowest BCUT2D eigenvalue weighted by Crippen LogP contribution is -2.29. The molecule has 0 saturated carbocycles. The summed E-state index contributed by atoms with van der Waals surface area (Å²) in [7, 11) is 0. The Morgan fingerprint density at radius 2 is 2.23 bits per heavy atom. The van der Waals surface area contributed by atoms with Crippen LogP contribution >= 0.6 is 0 Å². The molecule has 6 heteroatoms. The van der Waals surface area contributed by atoms with Gasteiger partial charge in [0.1, 0.15) is 0 Å². The molecular formula is C7H14N2O4. The van der Waals surface area contributed by atoms with Crippen molar-refractivity contribution in [3.05, 3.63) is 0 Å². The van der Waals surface area contributed by atoms with Crippen LogP contribution in [0.3, 0.4) is 0 Å². The zero-order valence-corrected chi connectivity index (χ0v) is 7.45. The minimum absolute atomic E-state index is 0.149. The van der Waals surface area contributed by atoms with E-state index in [0.717, 1.165) is 0 Å². The molecule has 0 aromatic carbocycles. The first-order chi connectivity index (χ1) is 6.02. The largest absolute Gasteiger partial charge is 0.393 e. The quantitative estimate of drug-likeness (QED) is 0.452. The Labute approximate surface area is 76.0 Å². The summed E-state index contributed by atoms with van der Waals surface area (Å²) in [5.41, 5.74) is 6.76. The standard InChI is InChI=1S/C7H14N2O4/c1-5(10)2-3-7(12)9-13-4-6(8)11/h5,10H,2-4H2,1H3,(H2,8,11)(H,9,12). The number of carbonyl (C=O) groups excluding carboxylic acids is 2. The highest BCUT2D eigenvalue weighted by Gasteiger charge is 2.04. The summed E-state index contributed by atoms with van der Waals surface area (Å²) >= 11 is 0. The fourth-order valence-corrected chi connectivity index (χ4v) is 0.579. The van der Waals surface area contributed by atoms with Gasteiger partial charge >= 0.3 is 0 Å². The number of hydrogen-bond donors (Lipinski definition) is 3. The molecule has 0 fully saturated rings. The first-order valence-corrected chi connectivity index (χ1v) is 3.89. The highest BCUT2D eigenvalue weighted by atomic mass is 16.7. The van der Waals surface area contributed by atoms with E-state index < -0.39 is 12.0 Å². The van der Waals surface area contributed by atoms with Gasteiger partial charge in [-0.2, -0.15) is 0 Å². The fourth-order valence-electron chi connectivity index (χ4n) is 0.579. The Morgan fingerprint density at radius 3 is 2.69 bits per heavy atom. The van der Waals surface area contributed by atoms with Crippen molar-refractivity contribution in [3.8, 4) is 0 Å². The molecule has 76 valence electrons. The molecule has 1 unspecified atom stereocenters. The van der Waals surface area contributed by atoms with Crippen LogP contribution in [-0.2, 0) is 14.4 Å². The van der Waals surface area contributed by atoms with E-state index in [4.69, 9.17) is 10.8 Å². The van der Waals surface area contributed by atoms with Gasteiger partial charge < -0.3 is 10.8 Å². The lowest BCUT2D eigenvalue weighted by molar-refractivity contribution is -0.138. The summed E-state index contributed by atoms with van der Waals surface area (Å²) in [5, 5.41) is 8.82. The van der Waals surface area contributed by atoms with Crippen molar-refractivity contribution in [2.75, 3.05) is 6.61 Å². The Kier molecular flexibility index (Phi) is 5.82. The molecule has 0 aliphatic rings. The average molecular weight is 190 g/mol. The van der Waals surface area contributed by atoms with Gasteiger partial charge in [-0.25, -0.2) is 5.48 Å². The molecule has 0 bridgehead atoms. The smallest absolute Gasteiger partial charge is 0.246 e. The molecule has 6 nitrogen and oxygen atoms in total. The van der Waals surface area contributed by atoms with E-state index in [1.165, 1.54) is 0 Å². The van der Waals surface area contributed by atoms with Crippen molar-refractivity contribution in [3.63, 3.8) is 0 Å². The first-order valence-electron chi connectivity index (χ1n) is 3.89. The number of aliphatic hydroxyl groups is 1. The minimum atomic E-state index is -0.657. The van der Waals surface area contributed by atoms with Crippen LogP contribution in [-0.4, -0.2) is 29.6 Å². The SMILES string of the molecule is CC(O)CCC(=O)NOCC(N)=O. The van der Waals surface area contributed by atoms with Crippen LogP contribution in [0.2, 0.25) is 0 Å². The average Bonchev–Trinajstić information content (AvgIpc) is 2.00. The third-order valence-corrected chi connectivity index (χ3v) is 1.19. The second-order valence-electron chi connectivity index (χ2n) is 2.67. The van der Waals surface area contributed by atoms with E-state index in [2.05, 4.69) is 4.84 Å². The second kappa shape index (κ2) is 6.38. The number of hydroxylamine groups is 1. The summed E-state index contributed by atoms with van der Waals surface area (Å²) in [5.74, 6) is -1.04. The van der Waals surface area contributed by atoms with Crippen LogP contribution in [0.25, 0.3) is 0 Å². The summed E-state index contributed by atoms with van der Waals surface area (Å²) in [4.78, 5) is 25.4. The van der Waals surface area contributed by atoms with E-state index in [9.17, 15) is 9.59 Å². The monoisotopic (exact) mass is 190 g/mol. The number of hydrogen-bond acceptors (Lipinski definition) is 4. The Hall–Kier alpha value is -1.14. The van der Waals surface area contributed by atoms with Crippen molar-refractivity contribution < 1.29 is 19.5 Å². The topological polar surface area (TPSA) is 102 Å². The highest BCUT2D eigenvalue weighted by molar-refractivity contribution is 5.76. The van der Waals surface area contributed by atoms with Crippen LogP contribution in [0.4, 0.5) is 0 Å². The van der Waals surface area contributed by atoms with Crippen LogP contribution in [0, 0.1) is 0 Å². The molecular weight excluding hydrogens is 176 g/mol. The van der Waals surface area contributed by atoms with Crippen molar-refractivity contribution >= 4 is 11.8 Å². The third-order valence-electron chi connectivity index (χ3n) is 1.19. The van der Waals surface area contributed by atoms with Gasteiger partial charge in [-0.3, -0.25) is 14.4 Å². The van der Waals surface area contributed by atoms with Crippen molar-refractivity contribution in [1.29, 1.82) is 0 Å². The van der Waals surface area contributed by atoms with Gasteiger partial charge in [-0.1, -0.05) is 0 Å². The summed E-state index contributed by atoms with van der Waals surface area (Å²) in [6.45, 7) is 1.23. The Bertz CT molecular complexity index is 181. The van der Waals surface area contributed by atoms with E-state index >= 15 is 0 Å². The molecule has 0 rings (SSSR count). The van der Waals surface area contributed by atoms with E-state index in [-0.39, 0.29) is 18.9 Å². The zero-order chi connectivity index (χ0) is 10.3. The molecule has 0 saturated heterocycles. The van der Waals surface area contributed by atoms with Crippen LogP contribution in [0.15, 0.2) is 0 Å². The van der Waals surface area contributed by atoms with Crippen LogP contribution in [0.5, 0.6) is 0 Å².